The summed E-state index contributed by atoms with van der Waals surface area (Å²) in [5, 5.41) is 6.44. The molecule has 0 bridgehead atoms. The zero-order valence-corrected chi connectivity index (χ0v) is 13.0. The Kier molecular flexibility index (Phi) is 4.47. The Balaban J connectivity index is 1.61. The van der Waals surface area contributed by atoms with E-state index in [1.807, 2.05) is 30.5 Å². The number of nitrogens with one attached hydrogen (secondary N) is 3. The number of carbonyl (C=O) groups is 2. The molecular weight excluding hydrogens is 304 g/mol. The van der Waals surface area contributed by atoms with E-state index in [2.05, 4.69) is 15.6 Å². The monoisotopic (exact) mass is 322 g/mol. The minimum atomic E-state index is -0.641. The van der Waals surface area contributed by atoms with Crippen LogP contribution in [0.1, 0.15) is 12.0 Å². The molecule has 0 aliphatic carbocycles. The number of rotatable bonds is 5. The lowest BCUT2D eigenvalue weighted by molar-refractivity contribution is -0.116. The average Bonchev–Trinajstić information content (AvgIpc) is 2.96. The number of fused-ring (bicyclic) bond motifs is 1. The number of para-hydroxylation sites is 1. The summed E-state index contributed by atoms with van der Waals surface area (Å²) >= 11 is 0. The Bertz CT molecular complexity index is 885. The van der Waals surface area contributed by atoms with E-state index in [0.29, 0.717) is 24.2 Å². The van der Waals surface area contributed by atoms with E-state index in [4.69, 9.17) is 5.73 Å². The first-order valence-electron chi connectivity index (χ1n) is 7.63. The number of aromatic nitrogens is 1. The fraction of sp³-hybridized carbons (Fsp3) is 0.111. The molecule has 0 aliphatic heterocycles. The normalized spacial score (nSPS) is 10.5. The van der Waals surface area contributed by atoms with Gasteiger partial charge in [0.2, 0.25) is 5.91 Å². The third-order valence-electron chi connectivity index (χ3n) is 3.71. The van der Waals surface area contributed by atoms with Gasteiger partial charge in [0, 0.05) is 34.9 Å². The van der Waals surface area contributed by atoms with Crippen molar-refractivity contribution in [1.29, 1.82) is 0 Å². The Hall–Kier alpha value is -3.28. The van der Waals surface area contributed by atoms with Crippen LogP contribution in [0.5, 0.6) is 0 Å². The van der Waals surface area contributed by atoms with Crippen LogP contribution in [0.25, 0.3) is 10.9 Å². The molecule has 5 N–H and O–H groups in total. The molecule has 24 heavy (non-hydrogen) atoms. The Morgan fingerprint density at radius 1 is 1.00 bits per heavy atom. The summed E-state index contributed by atoms with van der Waals surface area (Å²) in [7, 11) is 0. The van der Waals surface area contributed by atoms with Gasteiger partial charge >= 0.3 is 6.03 Å². The van der Waals surface area contributed by atoms with Crippen LogP contribution in [-0.2, 0) is 11.2 Å². The molecule has 0 atom stereocenters. The van der Waals surface area contributed by atoms with E-state index < -0.39 is 6.03 Å². The molecule has 3 amide bonds. The van der Waals surface area contributed by atoms with Crippen molar-refractivity contribution in [2.45, 2.75) is 12.8 Å². The first-order valence-corrected chi connectivity index (χ1v) is 7.63. The van der Waals surface area contributed by atoms with E-state index in [9.17, 15) is 9.59 Å². The van der Waals surface area contributed by atoms with E-state index in [1.54, 1.807) is 24.3 Å². The van der Waals surface area contributed by atoms with Crippen molar-refractivity contribution >= 4 is 34.2 Å². The van der Waals surface area contributed by atoms with E-state index in [0.717, 1.165) is 16.5 Å². The summed E-state index contributed by atoms with van der Waals surface area (Å²) in [6.07, 6.45) is 2.96. The predicted molar refractivity (Wildman–Crippen MR) is 94.9 cm³/mol. The first-order chi connectivity index (χ1) is 11.6. The van der Waals surface area contributed by atoms with Gasteiger partial charge in [-0.15, -0.1) is 0 Å². The van der Waals surface area contributed by atoms with Crippen molar-refractivity contribution in [2.24, 2.45) is 5.73 Å². The molecule has 0 unspecified atom stereocenters. The van der Waals surface area contributed by atoms with E-state index in [-0.39, 0.29) is 5.91 Å². The molecule has 1 heterocycles. The van der Waals surface area contributed by atoms with Gasteiger partial charge in [0.1, 0.15) is 0 Å². The Morgan fingerprint density at radius 3 is 2.54 bits per heavy atom. The predicted octanol–water partition coefficient (Wildman–Crippen LogP) is 3.23. The summed E-state index contributed by atoms with van der Waals surface area (Å²) < 4.78 is 0. The van der Waals surface area contributed by atoms with Gasteiger partial charge in [0.05, 0.1) is 0 Å². The number of nitrogens with two attached hydrogens (primary N) is 1. The molecule has 6 nitrogen and oxygen atoms in total. The second kappa shape index (κ2) is 6.87. The molecule has 2 aromatic carbocycles. The maximum absolute atomic E-state index is 12.1. The van der Waals surface area contributed by atoms with Gasteiger partial charge in [-0.2, -0.15) is 0 Å². The lowest BCUT2D eigenvalue weighted by atomic mass is 10.1. The van der Waals surface area contributed by atoms with Crippen LogP contribution in [0.4, 0.5) is 16.2 Å². The number of anilines is 2. The standard InChI is InChI=1S/C18H18N4O2/c19-18(24)22-14-5-3-4-13(10-14)21-17(23)9-8-12-11-20-16-7-2-1-6-15(12)16/h1-7,10-11,20H,8-9H2,(H,21,23)(H3,19,22,24). The zero-order valence-electron chi connectivity index (χ0n) is 13.0. The van der Waals surface area contributed by atoms with Gasteiger partial charge in [0.15, 0.2) is 0 Å². The van der Waals surface area contributed by atoms with Gasteiger partial charge in [-0.1, -0.05) is 24.3 Å². The van der Waals surface area contributed by atoms with Crippen molar-refractivity contribution in [1.82, 2.24) is 4.98 Å². The number of benzene rings is 2. The van der Waals surface area contributed by atoms with Gasteiger partial charge in [-0.3, -0.25) is 4.79 Å². The van der Waals surface area contributed by atoms with Crippen LogP contribution in [0.15, 0.2) is 54.7 Å². The number of aromatic amines is 1. The fourth-order valence-corrected chi connectivity index (χ4v) is 2.63. The first kappa shape index (κ1) is 15.6. The maximum Gasteiger partial charge on any atom is 0.316 e. The third kappa shape index (κ3) is 3.73. The number of carbonyl (C=O) groups excluding carboxylic acids is 2. The number of primary amides is 1. The van der Waals surface area contributed by atoms with Crippen molar-refractivity contribution in [2.75, 3.05) is 10.6 Å². The molecule has 0 radical (unpaired) electrons. The fourth-order valence-electron chi connectivity index (χ4n) is 2.63. The molecule has 1 aromatic heterocycles. The van der Waals surface area contributed by atoms with Gasteiger partial charge in [-0.25, -0.2) is 4.79 Å². The number of H-pyrrole nitrogens is 1. The maximum atomic E-state index is 12.1. The largest absolute Gasteiger partial charge is 0.361 e. The molecule has 0 aliphatic rings. The molecule has 122 valence electrons. The SMILES string of the molecule is NC(=O)Nc1cccc(NC(=O)CCc2c[nH]c3ccccc23)c1. The van der Waals surface area contributed by atoms with Crippen molar-refractivity contribution < 1.29 is 9.59 Å². The molecule has 0 fully saturated rings. The minimum absolute atomic E-state index is 0.0866. The number of aryl methyl sites for hydroxylation is 1. The average molecular weight is 322 g/mol. The summed E-state index contributed by atoms with van der Waals surface area (Å²) in [4.78, 5) is 26.2. The summed E-state index contributed by atoms with van der Waals surface area (Å²) in [6.45, 7) is 0. The van der Waals surface area contributed by atoms with Gasteiger partial charge in [-0.05, 0) is 36.2 Å². The number of urea groups is 1. The number of amides is 3. The number of hydrogen-bond donors (Lipinski definition) is 4. The topological polar surface area (TPSA) is 100 Å². The van der Waals surface area contributed by atoms with Crippen LogP contribution in [0, 0.1) is 0 Å². The summed E-state index contributed by atoms with van der Waals surface area (Å²) in [5.41, 5.74) is 8.42. The highest BCUT2D eigenvalue weighted by Gasteiger charge is 2.07. The van der Waals surface area contributed by atoms with Crippen LogP contribution in [-0.4, -0.2) is 16.9 Å². The summed E-state index contributed by atoms with van der Waals surface area (Å²) in [5.74, 6) is -0.0866. The highest BCUT2D eigenvalue weighted by Crippen LogP contribution is 2.20. The van der Waals surface area contributed by atoms with Crippen molar-refractivity contribution in [3.05, 3.63) is 60.3 Å². The minimum Gasteiger partial charge on any atom is -0.361 e. The molecule has 0 spiro atoms. The van der Waals surface area contributed by atoms with Crippen LogP contribution in [0.2, 0.25) is 0 Å². The smallest absolute Gasteiger partial charge is 0.316 e. The lowest BCUT2D eigenvalue weighted by Crippen LogP contribution is -2.19. The molecule has 0 saturated heterocycles. The van der Waals surface area contributed by atoms with Crippen LogP contribution < -0.4 is 16.4 Å². The molecule has 0 saturated carbocycles. The molecular formula is C18H18N4O2. The van der Waals surface area contributed by atoms with Gasteiger partial charge in [0.25, 0.3) is 0 Å². The van der Waals surface area contributed by atoms with E-state index >= 15 is 0 Å². The zero-order chi connectivity index (χ0) is 16.9. The van der Waals surface area contributed by atoms with Crippen LogP contribution in [0.3, 0.4) is 0 Å². The van der Waals surface area contributed by atoms with Crippen molar-refractivity contribution in [3.63, 3.8) is 0 Å². The second-order valence-electron chi connectivity index (χ2n) is 5.48. The summed E-state index contributed by atoms with van der Waals surface area (Å²) in [6, 6.07) is 14.2. The van der Waals surface area contributed by atoms with E-state index in [1.165, 1.54) is 0 Å². The highest BCUT2D eigenvalue weighted by atomic mass is 16.2. The van der Waals surface area contributed by atoms with Gasteiger partial charge < -0.3 is 21.4 Å². The third-order valence-corrected chi connectivity index (χ3v) is 3.71. The second-order valence-corrected chi connectivity index (χ2v) is 5.48. The molecule has 6 heteroatoms. The quantitative estimate of drug-likeness (QED) is 0.580. The molecule has 3 rings (SSSR count). The van der Waals surface area contributed by atoms with Crippen LogP contribution >= 0.6 is 0 Å². The Morgan fingerprint density at radius 2 is 1.75 bits per heavy atom. The molecule has 3 aromatic rings. The number of hydrogen-bond acceptors (Lipinski definition) is 2. The lowest BCUT2D eigenvalue weighted by Gasteiger charge is -2.07. The van der Waals surface area contributed by atoms with Crippen molar-refractivity contribution in [3.8, 4) is 0 Å². The highest BCUT2D eigenvalue weighted by molar-refractivity contribution is 5.93. The Labute approximate surface area is 139 Å².